The summed E-state index contributed by atoms with van der Waals surface area (Å²) in [4.78, 5) is 0. The number of ether oxygens (including phenoxy) is 2. The first-order chi connectivity index (χ1) is 8.24. The lowest BCUT2D eigenvalue weighted by Gasteiger charge is -2.10. The molecule has 0 bridgehead atoms. The van der Waals surface area contributed by atoms with E-state index in [4.69, 9.17) is 15.2 Å². The first-order valence-electron chi connectivity index (χ1n) is 6.31. The molecule has 1 atom stereocenters. The van der Waals surface area contributed by atoms with Crippen molar-refractivity contribution < 1.29 is 9.47 Å². The fourth-order valence-electron chi connectivity index (χ4n) is 2.33. The van der Waals surface area contributed by atoms with Crippen molar-refractivity contribution in [3.05, 3.63) is 23.3 Å². The molecule has 1 aliphatic heterocycles. The van der Waals surface area contributed by atoms with Crippen molar-refractivity contribution in [2.24, 2.45) is 5.73 Å². The van der Waals surface area contributed by atoms with Gasteiger partial charge in [0.25, 0.3) is 0 Å². The monoisotopic (exact) mass is 235 g/mol. The highest BCUT2D eigenvalue weighted by Crippen LogP contribution is 2.35. The first-order valence-corrected chi connectivity index (χ1v) is 6.31. The number of hydrogen-bond donors (Lipinski definition) is 1. The molecule has 0 amide bonds. The maximum absolute atomic E-state index is 5.77. The van der Waals surface area contributed by atoms with Crippen molar-refractivity contribution in [3.63, 3.8) is 0 Å². The van der Waals surface area contributed by atoms with Crippen LogP contribution in [0.4, 0.5) is 0 Å². The molecular weight excluding hydrogens is 214 g/mol. The van der Waals surface area contributed by atoms with Gasteiger partial charge in [-0.25, -0.2) is 0 Å². The first kappa shape index (κ1) is 12.2. The summed E-state index contributed by atoms with van der Waals surface area (Å²) in [6.45, 7) is 2.85. The number of nitrogens with two attached hydrogens (primary N) is 1. The minimum absolute atomic E-state index is 0.286. The summed E-state index contributed by atoms with van der Waals surface area (Å²) < 4.78 is 11.2. The van der Waals surface area contributed by atoms with E-state index in [1.54, 1.807) is 7.11 Å². The van der Waals surface area contributed by atoms with E-state index in [0.29, 0.717) is 0 Å². The Morgan fingerprint density at radius 1 is 1.41 bits per heavy atom. The number of fused-ring (bicyclic) bond motifs is 1. The van der Waals surface area contributed by atoms with Crippen LogP contribution in [0.2, 0.25) is 0 Å². The lowest BCUT2D eigenvalue weighted by molar-refractivity contribution is 0.254. The molecule has 2 N–H and O–H groups in total. The van der Waals surface area contributed by atoms with Crippen LogP contribution in [-0.2, 0) is 12.8 Å². The van der Waals surface area contributed by atoms with E-state index < -0.39 is 0 Å². The van der Waals surface area contributed by atoms with Gasteiger partial charge in [0.1, 0.15) is 17.6 Å². The Hall–Kier alpha value is -1.22. The molecule has 17 heavy (non-hydrogen) atoms. The Bertz CT molecular complexity index is 390. The normalized spacial score (nSPS) is 17.7. The third kappa shape index (κ3) is 2.72. The minimum atomic E-state index is 0.286. The molecule has 2 rings (SSSR count). The van der Waals surface area contributed by atoms with E-state index >= 15 is 0 Å². The summed E-state index contributed by atoms with van der Waals surface area (Å²) in [5, 5.41) is 0. The van der Waals surface area contributed by atoms with Gasteiger partial charge in [-0.1, -0.05) is 0 Å². The Morgan fingerprint density at radius 3 is 2.94 bits per heavy atom. The number of methoxy groups -OCH3 is 1. The van der Waals surface area contributed by atoms with Crippen LogP contribution < -0.4 is 15.2 Å². The van der Waals surface area contributed by atoms with Gasteiger partial charge >= 0.3 is 0 Å². The van der Waals surface area contributed by atoms with Gasteiger partial charge in [0.15, 0.2) is 0 Å². The second-order valence-corrected chi connectivity index (χ2v) is 4.65. The number of unbranched alkanes of at least 4 members (excludes halogenated alkanes) is 1. The Balaban J connectivity index is 2.17. The van der Waals surface area contributed by atoms with Crippen LogP contribution in [0.3, 0.4) is 0 Å². The predicted molar refractivity (Wildman–Crippen MR) is 68.8 cm³/mol. The van der Waals surface area contributed by atoms with Gasteiger partial charge in [-0.15, -0.1) is 0 Å². The van der Waals surface area contributed by atoms with Crippen molar-refractivity contribution >= 4 is 0 Å². The average molecular weight is 235 g/mol. The van der Waals surface area contributed by atoms with Crippen LogP contribution in [0.25, 0.3) is 0 Å². The second-order valence-electron chi connectivity index (χ2n) is 4.65. The highest BCUT2D eigenvalue weighted by atomic mass is 16.5. The summed E-state index contributed by atoms with van der Waals surface area (Å²) in [6.07, 6.45) is 4.42. The topological polar surface area (TPSA) is 44.5 Å². The molecule has 0 saturated heterocycles. The smallest absolute Gasteiger partial charge is 0.123 e. The number of rotatable bonds is 5. The lowest BCUT2D eigenvalue weighted by Crippen LogP contribution is -2.05. The molecule has 0 radical (unpaired) electrons. The standard InChI is InChI=1S/C14H21NO2/c1-10-7-12-9-13(16-2)11(5-3-4-6-15)8-14(12)17-10/h8-10H,3-7,15H2,1-2H3. The Morgan fingerprint density at radius 2 is 2.24 bits per heavy atom. The van der Waals surface area contributed by atoms with Crippen LogP contribution >= 0.6 is 0 Å². The molecule has 3 heteroatoms. The molecule has 0 spiro atoms. The molecular formula is C14H21NO2. The van der Waals surface area contributed by atoms with Crippen LogP contribution in [0.5, 0.6) is 11.5 Å². The van der Waals surface area contributed by atoms with Crippen molar-refractivity contribution in [2.45, 2.75) is 38.7 Å². The van der Waals surface area contributed by atoms with Gasteiger partial charge in [0.05, 0.1) is 7.11 Å². The zero-order valence-corrected chi connectivity index (χ0v) is 10.7. The van der Waals surface area contributed by atoms with Crippen molar-refractivity contribution in [1.82, 2.24) is 0 Å². The zero-order valence-electron chi connectivity index (χ0n) is 10.7. The third-order valence-corrected chi connectivity index (χ3v) is 3.20. The molecule has 1 aromatic rings. The summed E-state index contributed by atoms with van der Waals surface area (Å²) in [7, 11) is 1.73. The fourth-order valence-corrected chi connectivity index (χ4v) is 2.33. The van der Waals surface area contributed by atoms with Gasteiger partial charge in [-0.2, -0.15) is 0 Å². The van der Waals surface area contributed by atoms with Crippen LogP contribution in [0, 0.1) is 0 Å². The molecule has 3 nitrogen and oxygen atoms in total. The van der Waals surface area contributed by atoms with Crippen molar-refractivity contribution in [1.29, 1.82) is 0 Å². The van der Waals surface area contributed by atoms with E-state index in [2.05, 4.69) is 19.1 Å². The molecule has 0 fully saturated rings. The van der Waals surface area contributed by atoms with Crippen LogP contribution in [0.1, 0.15) is 30.9 Å². The SMILES string of the molecule is COc1cc2c(cc1CCCCN)OC(C)C2. The van der Waals surface area contributed by atoms with E-state index in [0.717, 1.165) is 43.7 Å². The number of aryl methyl sites for hydroxylation is 1. The average Bonchev–Trinajstić information content (AvgIpc) is 2.67. The molecule has 0 aliphatic carbocycles. The molecule has 0 aromatic heterocycles. The molecule has 0 saturated carbocycles. The minimum Gasteiger partial charge on any atom is -0.496 e. The Kier molecular flexibility index (Phi) is 3.89. The van der Waals surface area contributed by atoms with Gasteiger partial charge in [0.2, 0.25) is 0 Å². The molecule has 94 valence electrons. The van der Waals surface area contributed by atoms with Crippen LogP contribution in [-0.4, -0.2) is 19.8 Å². The highest BCUT2D eigenvalue weighted by molar-refractivity contribution is 5.48. The summed E-state index contributed by atoms with van der Waals surface area (Å²) in [6, 6.07) is 4.25. The van der Waals surface area contributed by atoms with E-state index in [1.165, 1.54) is 11.1 Å². The molecule has 1 heterocycles. The summed E-state index contributed by atoms with van der Waals surface area (Å²) >= 11 is 0. The van der Waals surface area contributed by atoms with Crippen LogP contribution in [0.15, 0.2) is 12.1 Å². The largest absolute Gasteiger partial charge is 0.496 e. The fraction of sp³-hybridized carbons (Fsp3) is 0.571. The van der Waals surface area contributed by atoms with Gasteiger partial charge in [-0.3, -0.25) is 0 Å². The van der Waals surface area contributed by atoms with Crippen molar-refractivity contribution in [2.75, 3.05) is 13.7 Å². The van der Waals surface area contributed by atoms with Gasteiger partial charge in [-0.05, 0) is 50.4 Å². The maximum Gasteiger partial charge on any atom is 0.123 e. The molecule has 1 aliphatic rings. The van der Waals surface area contributed by atoms with Crippen molar-refractivity contribution in [3.8, 4) is 11.5 Å². The van der Waals surface area contributed by atoms with Gasteiger partial charge in [0, 0.05) is 12.0 Å². The zero-order chi connectivity index (χ0) is 12.3. The van der Waals surface area contributed by atoms with E-state index in [9.17, 15) is 0 Å². The number of hydrogen-bond acceptors (Lipinski definition) is 3. The van der Waals surface area contributed by atoms with Gasteiger partial charge < -0.3 is 15.2 Å². The van der Waals surface area contributed by atoms with E-state index in [-0.39, 0.29) is 6.10 Å². The molecule has 1 unspecified atom stereocenters. The molecule has 1 aromatic carbocycles. The predicted octanol–water partition coefficient (Wildman–Crippen LogP) is 2.30. The summed E-state index contributed by atoms with van der Waals surface area (Å²) in [5.41, 5.74) is 8.01. The van der Waals surface area contributed by atoms with E-state index in [1.807, 2.05) is 0 Å². The summed E-state index contributed by atoms with van der Waals surface area (Å²) in [5.74, 6) is 2.01. The highest BCUT2D eigenvalue weighted by Gasteiger charge is 2.21. The Labute approximate surface area is 103 Å². The third-order valence-electron chi connectivity index (χ3n) is 3.20. The second kappa shape index (κ2) is 5.41. The number of benzene rings is 1. The lowest BCUT2D eigenvalue weighted by atomic mass is 10.0. The quantitative estimate of drug-likeness (QED) is 0.796. The maximum atomic E-state index is 5.77.